The maximum Gasteiger partial charge on any atom is 0.293 e. The highest BCUT2D eigenvalue weighted by Gasteiger charge is 2.27. The Morgan fingerprint density at radius 2 is 1.93 bits per heavy atom. The van der Waals surface area contributed by atoms with E-state index in [1.807, 2.05) is 36.1 Å². The van der Waals surface area contributed by atoms with E-state index < -0.39 is 0 Å². The average Bonchev–Trinajstić information content (AvgIpc) is 2.77. The molecule has 6 nitrogen and oxygen atoms in total. The van der Waals surface area contributed by atoms with Crippen LogP contribution in [0.2, 0.25) is 0 Å². The number of rotatable bonds is 5. The maximum atomic E-state index is 13.3. The molecule has 4 rings (SSSR count). The minimum atomic E-state index is -0.310. The van der Waals surface area contributed by atoms with Crippen LogP contribution < -0.4 is 15.8 Å². The molecule has 1 fully saturated rings. The molecule has 7 heteroatoms. The number of fused-ring (bicyclic) bond motifs is 1. The van der Waals surface area contributed by atoms with Gasteiger partial charge in [-0.15, -0.1) is 0 Å². The van der Waals surface area contributed by atoms with E-state index >= 15 is 0 Å². The molecule has 0 aliphatic carbocycles. The number of nitrogens with one attached hydrogen (secondary N) is 1. The summed E-state index contributed by atoms with van der Waals surface area (Å²) >= 11 is 0. The Morgan fingerprint density at radius 3 is 2.67 bits per heavy atom. The molecular weight excluding hydrogens is 383 g/mol. The Hall–Kier alpha value is -3.22. The molecule has 0 atom stereocenters. The Kier molecular flexibility index (Phi) is 5.79. The lowest BCUT2D eigenvalue weighted by Gasteiger charge is -2.32. The van der Waals surface area contributed by atoms with Gasteiger partial charge in [0.25, 0.3) is 5.56 Å². The fraction of sp³-hybridized carbons (Fsp3) is 0.348. The summed E-state index contributed by atoms with van der Waals surface area (Å²) in [5.41, 5.74) is 2.27. The van der Waals surface area contributed by atoms with E-state index in [0.717, 1.165) is 16.6 Å². The second-order valence-electron chi connectivity index (χ2n) is 7.58. The molecule has 0 spiro atoms. The van der Waals surface area contributed by atoms with Gasteiger partial charge in [-0.3, -0.25) is 9.59 Å². The van der Waals surface area contributed by atoms with E-state index in [-0.39, 0.29) is 23.2 Å². The largest absolute Gasteiger partial charge is 0.352 e. The van der Waals surface area contributed by atoms with Gasteiger partial charge < -0.3 is 14.8 Å². The zero-order valence-electron chi connectivity index (χ0n) is 17.0. The molecule has 30 heavy (non-hydrogen) atoms. The summed E-state index contributed by atoms with van der Waals surface area (Å²) in [5, 5.41) is 2.90. The topological polar surface area (TPSA) is 67.2 Å². The lowest BCUT2D eigenvalue weighted by molar-refractivity contribution is -0.125. The van der Waals surface area contributed by atoms with Gasteiger partial charge in [-0.2, -0.15) is 0 Å². The fourth-order valence-corrected chi connectivity index (χ4v) is 4.03. The van der Waals surface area contributed by atoms with Gasteiger partial charge in [-0.05, 0) is 49.6 Å². The van der Waals surface area contributed by atoms with E-state index in [0.29, 0.717) is 44.8 Å². The average molecular weight is 408 g/mol. The van der Waals surface area contributed by atoms with Gasteiger partial charge in [0.15, 0.2) is 5.82 Å². The summed E-state index contributed by atoms with van der Waals surface area (Å²) < 4.78 is 15.0. The van der Waals surface area contributed by atoms with Crippen molar-refractivity contribution < 1.29 is 9.18 Å². The van der Waals surface area contributed by atoms with Crippen LogP contribution in [0.4, 0.5) is 10.2 Å². The summed E-state index contributed by atoms with van der Waals surface area (Å²) in [6.45, 7) is 4.04. The minimum absolute atomic E-state index is 0.0312. The summed E-state index contributed by atoms with van der Waals surface area (Å²) in [7, 11) is 0. The molecule has 0 unspecified atom stereocenters. The predicted octanol–water partition coefficient (Wildman–Crippen LogP) is 3.09. The van der Waals surface area contributed by atoms with Crippen molar-refractivity contribution in [3.63, 3.8) is 0 Å². The first kappa shape index (κ1) is 20.1. The number of anilines is 1. The van der Waals surface area contributed by atoms with Crippen LogP contribution in [0.1, 0.15) is 25.3 Å². The number of halogens is 1. The molecule has 2 heterocycles. The molecule has 0 saturated carbocycles. The third-order valence-electron chi connectivity index (χ3n) is 5.67. The zero-order chi connectivity index (χ0) is 21.1. The van der Waals surface area contributed by atoms with Gasteiger partial charge in [0.1, 0.15) is 5.82 Å². The molecule has 1 saturated heterocycles. The van der Waals surface area contributed by atoms with Crippen LogP contribution in [-0.2, 0) is 17.9 Å². The fourth-order valence-electron chi connectivity index (χ4n) is 4.03. The number of benzene rings is 2. The second kappa shape index (κ2) is 8.65. The van der Waals surface area contributed by atoms with Crippen LogP contribution in [0, 0.1) is 11.7 Å². The summed E-state index contributed by atoms with van der Waals surface area (Å²) in [6, 6.07) is 13.9. The van der Waals surface area contributed by atoms with Crippen molar-refractivity contribution >= 4 is 22.8 Å². The number of carbonyl (C=O) groups is 1. The Labute approximate surface area is 174 Å². The molecule has 0 radical (unpaired) electrons. The number of hydrogen-bond donors (Lipinski definition) is 1. The lowest BCUT2D eigenvalue weighted by Crippen LogP contribution is -2.43. The van der Waals surface area contributed by atoms with Gasteiger partial charge in [0.2, 0.25) is 5.91 Å². The third kappa shape index (κ3) is 4.06. The van der Waals surface area contributed by atoms with Crippen LogP contribution in [0.15, 0.2) is 53.3 Å². The number of piperidine rings is 1. The van der Waals surface area contributed by atoms with Crippen molar-refractivity contribution in [1.82, 2.24) is 14.9 Å². The van der Waals surface area contributed by atoms with Crippen molar-refractivity contribution in [1.29, 1.82) is 0 Å². The monoisotopic (exact) mass is 408 g/mol. The van der Waals surface area contributed by atoms with E-state index in [1.54, 1.807) is 16.7 Å². The number of nitrogens with zero attached hydrogens (tertiary/aromatic N) is 3. The molecule has 1 aromatic heterocycles. The van der Waals surface area contributed by atoms with Gasteiger partial charge in [-0.25, -0.2) is 9.37 Å². The zero-order valence-corrected chi connectivity index (χ0v) is 17.0. The number of carbonyl (C=O) groups excluding carboxylic acids is 1. The van der Waals surface area contributed by atoms with Gasteiger partial charge in [-0.1, -0.05) is 24.3 Å². The molecule has 1 amide bonds. The van der Waals surface area contributed by atoms with Gasteiger partial charge in [0, 0.05) is 32.1 Å². The third-order valence-corrected chi connectivity index (χ3v) is 5.67. The Morgan fingerprint density at radius 1 is 1.17 bits per heavy atom. The molecular formula is C23H25FN4O2. The Balaban J connectivity index is 1.42. The normalized spacial score (nSPS) is 14.8. The van der Waals surface area contributed by atoms with Crippen LogP contribution in [0.25, 0.3) is 11.0 Å². The highest BCUT2D eigenvalue weighted by atomic mass is 19.1. The standard InChI is InChI=1S/C23H25FN4O2/c1-2-28-20-9-4-3-8-19(20)26-21(23(28)30)27-12-10-17(11-13-27)22(29)25-15-16-6-5-7-18(24)14-16/h3-9,14,17H,2,10-13,15H2,1H3,(H,25,29). The smallest absolute Gasteiger partial charge is 0.293 e. The molecule has 0 bridgehead atoms. The molecule has 3 aromatic rings. The van der Waals surface area contributed by atoms with Crippen LogP contribution in [0.3, 0.4) is 0 Å². The van der Waals surface area contributed by atoms with Crippen molar-refractivity contribution in [2.24, 2.45) is 5.92 Å². The first-order chi connectivity index (χ1) is 14.6. The molecule has 2 aromatic carbocycles. The van der Waals surface area contributed by atoms with Gasteiger partial charge >= 0.3 is 0 Å². The van der Waals surface area contributed by atoms with Crippen LogP contribution in [-0.4, -0.2) is 28.5 Å². The Bertz CT molecular complexity index is 1120. The van der Waals surface area contributed by atoms with Crippen LogP contribution >= 0.6 is 0 Å². The summed E-state index contributed by atoms with van der Waals surface area (Å²) in [5.74, 6) is -0.00939. The maximum absolute atomic E-state index is 13.3. The van der Waals surface area contributed by atoms with Crippen molar-refractivity contribution in [3.8, 4) is 0 Å². The SMILES string of the molecule is CCn1c(=O)c(N2CCC(C(=O)NCc3cccc(F)c3)CC2)nc2ccccc21. The van der Waals surface area contributed by atoms with Crippen molar-refractivity contribution in [2.75, 3.05) is 18.0 Å². The quantitative estimate of drug-likeness (QED) is 0.705. The van der Waals surface area contributed by atoms with E-state index in [1.165, 1.54) is 12.1 Å². The van der Waals surface area contributed by atoms with Crippen LogP contribution in [0.5, 0.6) is 0 Å². The molecule has 1 aliphatic rings. The summed E-state index contributed by atoms with van der Waals surface area (Å²) in [4.78, 5) is 32.1. The van der Waals surface area contributed by atoms with E-state index in [2.05, 4.69) is 10.3 Å². The highest BCUT2D eigenvalue weighted by Crippen LogP contribution is 2.22. The number of amides is 1. The van der Waals surface area contributed by atoms with E-state index in [4.69, 9.17) is 0 Å². The predicted molar refractivity (Wildman–Crippen MR) is 115 cm³/mol. The number of hydrogen-bond acceptors (Lipinski definition) is 4. The first-order valence-corrected chi connectivity index (χ1v) is 10.3. The lowest BCUT2D eigenvalue weighted by atomic mass is 9.96. The number of aromatic nitrogens is 2. The second-order valence-corrected chi connectivity index (χ2v) is 7.58. The first-order valence-electron chi connectivity index (χ1n) is 10.3. The van der Waals surface area contributed by atoms with Gasteiger partial charge in [0.05, 0.1) is 11.0 Å². The number of aryl methyl sites for hydroxylation is 1. The number of para-hydroxylation sites is 2. The highest BCUT2D eigenvalue weighted by molar-refractivity contribution is 5.79. The minimum Gasteiger partial charge on any atom is -0.352 e. The van der Waals surface area contributed by atoms with E-state index in [9.17, 15) is 14.0 Å². The van der Waals surface area contributed by atoms with Crippen molar-refractivity contribution in [3.05, 3.63) is 70.3 Å². The molecule has 1 aliphatic heterocycles. The van der Waals surface area contributed by atoms with Crippen molar-refractivity contribution in [2.45, 2.75) is 32.9 Å². The summed E-state index contributed by atoms with van der Waals surface area (Å²) in [6.07, 6.45) is 1.30. The molecule has 1 N–H and O–H groups in total. The molecule has 156 valence electrons.